The molecule has 1 amide bonds. The third kappa shape index (κ3) is 3.01. The predicted octanol–water partition coefficient (Wildman–Crippen LogP) is 1.79. The normalized spacial score (nSPS) is 16.0. The van der Waals surface area contributed by atoms with Crippen LogP contribution in [0.15, 0.2) is 29.2 Å². The van der Waals surface area contributed by atoms with Crippen LogP contribution in [0, 0.1) is 13.8 Å². The van der Waals surface area contributed by atoms with Crippen LogP contribution in [-0.2, 0) is 17.1 Å². The summed E-state index contributed by atoms with van der Waals surface area (Å²) in [7, 11) is -1.91. The predicted molar refractivity (Wildman–Crippen MR) is 107 cm³/mol. The van der Waals surface area contributed by atoms with E-state index in [1.165, 1.54) is 15.8 Å². The Bertz CT molecular complexity index is 1160. The van der Waals surface area contributed by atoms with Crippen LogP contribution in [0.1, 0.15) is 21.9 Å². The number of fused-ring (bicyclic) bond motifs is 1. The number of sulfonamides is 1. The van der Waals surface area contributed by atoms with Gasteiger partial charge in [0.1, 0.15) is 10.6 Å². The fourth-order valence-electron chi connectivity index (χ4n) is 3.58. The fourth-order valence-corrected chi connectivity index (χ4v) is 6.17. The van der Waals surface area contributed by atoms with E-state index in [0.717, 1.165) is 10.1 Å². The molecule has 1 fully saturated rings. The summed E-state index contributed by atoms with van der Waals surface area (Å²) in [4.78, 5) is 14.8. The summed E-state index contributed by atoms with van der Waals surface area (Å²) in [6.07, 6.45) is 0. The standard InChI is InChI=1S/C18H21N5O3S2/c1-12-17(13(2)21(3)19-12)28(25,26)23-10-8-22(9-11-23)18(24)16-14-6-4-5-7-15(14)27-20-16/h4-7H,8-11H2,1-3H3. The number of carbonyl (C=O) groups is 1. The fraction of sp³-hybridized carbons (Fsp3) is 0.389. The van der Waals surface area contributed by atoms with E-state index in [0.29, 0.717) is 30.2 Å². The quantitative estimate of drug-likeness (QED) is 0.646. The number of benzene rings is 1. The number of aromatic nitrogens is 3. The lowest BCUT2D eigenvalue weighted by Crippen LogP contribution is -2.50. The molecule has 0 saturated carbocycles. The molecule has 1 aliphatic rings. The Kier molecular flexibility index (Phi) is 4.72. The van der Waals surface area contributed by atoms with Gasteiger partial charge in [0.25, 0.3) is 5.91 Å². The highest BCUT2D eigenvalue weighted by molar-refractivity contribution is 7.89. The van der Waals surface area contributed by atoms with Gasteiger partial charge in [-0.15, -0.1) is 0 Å². The number of amides is 1. The molecular formula is C18H21N5O3S2. The highest BCUT2D eigenvalue weighted by atomic mass is 32.2. The molecule has 10 heteroatoms. The Morgan fingerprint density at radius 1 is 1.11 bits per heavy atom. The van der Waals surface area contributed by atoms with Crippen LogP contribution in [0.25, 0.3) is 10.1 Å². The number of piperazine rings is 1. The maximum atomic E-state index is 13.1. The molecule has 1 saturated heterocycles. The average molecular weight is 420 g/mol. The van der Waals surface area contributed by atoms with E-state index < -0.39 is 10.0 Å². The zero-order valence-corrected chi connectivity index (χ0v) is 17.5. The largest absolute Gasteiger partial charge is 0.335 e. The number of hydrogen-bond donors (Lipinski definition) is 0. The van der Waals surface area contributed by atoms with E-state index in [1.807, 2.05) is 24.3 Å². The van der Waals surface area contributed by atoms with Crippen molar-refractivity contribution in [1.29, 1.82) is 0 Å². The van der Waals surface area contributed by atoms with Crippen molar-refractivity contribution in [2.45, 2.75) is 18.7 Å². The van der Waals surface area contributed by atoms with Gasteiger partial charge >= 0.3 is 0 Å². The maximum Gasteiger partial charge on any atom is 0.274 e. The van der Waals surface area contributed by atoms with Gasteiger partial charge in [0.15, 0.2) is 0 Å². The smallest absolute Gasteiger partial charge is 0.274 e. The van der Waals surface area contributed by atoms with Crippen LogP contribution in [0.2, 0.25) is 0 Å². The number of hydrogen-bond acceptors (Lipinski definition) is 6. The molecule has 0 spiro atoms. The minimum atomic E-state index is -3.64. The molecule has 0 N–H and O–H groups in total. The highest BCUT2D eigenvalue weighted by Crippen LogP contribution is 2.26. The molecule has 2 aromatic heterocycles. The van der Waals surface area contributed by atoms with Gasteiger partial charge < -0.3 is 4.90 Å². The molecule has 0 bridgehead atoms. The summed E-state index contributed by atoms with van der Waals surface area (Å²) in [6.45, 7) is 4.63. The van der Waals surface area contributed by atoms with Crippen molar-refractivity contribution in [3.63, 3.8) is 0 Å². The topological polar surface area (TPSA) is 88.4 Å². The van der Waals surface area contributed by atoms with Crippen LogP contribution < -0.4 is 0 Å². The van der Waals surface area contributed by atoms with Crippen LogP contribution in [0.4, 0.5) is 0 Å². The SMILES string of the molecule is Cc1nn(C)c(C)c1S(=O)(=O)N1CCN(C(=O)c2nsc3ccccc23)CC1. The van der Waals surface area contributed by atoms with Gasteiger partial charge in [-0.1, -0.05) is 18.2 Å². The van der Waals surface area contributed by atoms with Crippen molar-refractivity contribution < 1.29 is 13.2 Å². The lowest BCUT2D eigenvalue weighted by atomic mass is 10.2. The lowest BCUT2D eigenvalue weighted by Gasteiger charge is -2.33. The van der Waals surface area contributed by atoms with E-state index in [9.17, 15) is 13.2 Å². The van der Waals surface area contributed by atoms with E-state index >= 15 is 0 Å². The Morgan fingerprint density at radius 3 is 2.43 bits per heavy atom. The lowest BCUT2D eigenvalue weighted by molar-refractivity contribution is 0.0695. The zero-order chi connectivity index (χ0) is 20.1. The van der Waals surface area contributed by atoms with Crippen molar-refractivity contribution in [2.24, 2.45) is 7.05 Å². The third-order valence-corrected chi connectivity index (χ3v) is 8.12. The third-order valence-electron chi connectivity index (χ3n) is 5.15. The Balaban J connectivity index is 1.52. The summed E-state index contributed by atoms with van der Waals surface area (Å²) in [5, 5.41) is 5.06. The van der Waals surface area contributed by atoms with Gasteiger partial charge in [0.05, 0.1) is 16.1 Å². The first-order chi connectivity index (χ1) is 13.3. The Hall–Kier alpha value is -2.30. The van der Waals surface area contributed by atoms with E-state index in [-0.39, 0.29) is 23.9 Å². The molecule has 0 atom stereocenters. The highest BCUT2D eigenvalue weighted by Gasteiger charge is 2.34. The molecule has 28 heavy (non-hydrogen) atoms. The van der Waals surface area contributed by atoms with Gasteiger partial charge in [-0.05, 0) is 31.4 Å². The molecule has 3 aromatic rings. The Morgan fingerprint density at radius 2 is 1.79 bits per heavy atom. The van der Waals surface area contributed by atoms with Crippen molar-refractivity contribution >= 4 is 37.5 Å². The number of rotatable bonds is 3. The van der Waals surface area contributed by atoms with Crippen LogP contribution >= 0.6 is 11.5 Å². The minimum absolute atomic E-state index is 0.150. The summed E-state index contributed by atoms with van der Waals surface area (Å²) >= 11 is 1.30. The molecule has 1 aliphatic heterocycles. The van der Waals surface area contributed by atoms with Gasteiger partial charge in [-0.3, -0.25) is 9.48 Å². The summed E-state index contributed by atoms with van der Waals surface area (Å²) in [5.41, 5.74) is 1.55. The summed E-state index contributed by atoms with van der Waals surface area (Å²) in [6, 6.07) is 7.63. The summed E-state index contributed by atoms with van der Waals surface area (Å²) in [5.74, 6) is -0.150. The van der Waals surface area contributed by atoms with Crippen LogP contribution in [0.3, 0.4) is 0 Å². The molecule has 8 nitrogen and oxygen atoms in total. The second kappa shape index (κ2) is 6.94. The zero-order valence-electron chi connectivity index (χ0n) is 15.9. The van der Waals surface area contributed by atoms with E-state index in [2.05, 4.69) is 9.47 Å². The van der Waals surface area contributed by atoms with Gasteiger partial charge in [-0.25, -0.2) is 8.42 Å². The first-order valence-corrected chi connectivity index (χ1v) is 11.2. The van der Waals surface area contributed by atoms with Crippen LogP contribution in [0.5, 0.6) is 0 Å². The maximum absolute atomic E-state index is 13.1. The van der Waals surface area contributed by atoms with Crippen molar-refractivity contribution in [2.75, 3.05) is 26.2 Å². The van der Waals surface area contributed by atoms with Crippen molar-refractivity contribution in [1.82, 2.24) is 23.4 Å². The summed E-state index contributed by atoms with van der Waals surface area (Å²) < 4.78 is 34.5. The first-order valence-electron chi connectivity index (χ1n) is 8.94. The van der Waals surface area contributed by atoms with Gasteiger partial charge in [0.2, 0.25) is 10.0 Å². The Labute approximate surface area is 167 Å². The van der Waals surface area contributed by atoms with Gasteiger partial charge in [0, 0.05) is 38.6 Å². The molecule has 1 aromatic carbocycles. The van der Waals surface area contributed by atoms with E-state index in [1.54, 1.807) is 30.5 Å². The second-order valence-electron chi connectivity index (χ2n) is 6.85. The van der Waals surface area contributed by atoms with Gasteiger partial charge in [-0.2, -0.15) is 13.8 Å². The van der Waals surface area contributed by atoms with Crippen molar-refractivity contribution in [3.05, 3.63) is 41.3 Å². The molecule has 148 valence electrons. The number of nitrogens with zero attached hydrogens (tertiary/aromatic N) is 5. The minimum Gasteiger partial charge on any atom is -0.335 e. The molecule has 3 heterocycles. The average Bonchev–Trinajstić information content (AvgIpc) is 3.22. The molecule has 0 unspecified atom stereocenters. The monoisotopic (exact) mass is 419 g/mol. The second-order valence-corrected chi connectivity index (χ2v) is 9.53. The van der Waals surface area contributed by atoms with Crippen LogP contribution in [-0.4, -0.2) is 63.9 Å². The number of aryl methyl sites for hydroxylation is 2. The van der Waals surface area contributed by atoms with Crippen molar-refractivity contribution in [3.8, 4) is 0 Å². The molecule has 0 radical (unpaired) electrons. The first kappa shape index (κ1) is 19.0. The molecular weight excluding hydrogens is 398 g/mol. The van der Waals surface area contributed by atoms with E-state index in [4.69, 9.17) is 0 Å². The molecule has 4 rings (SSSR count). The number of carbonyl (C=O) groups excluding carboxylic acids is 1. The molecule has 0 aliphatic carbocycles.